The molecule has 45 heavy (non-hydrogen) atoms. The highest BCUT2D eigenvalue weighted by Gasteiger charge is 2.46. The molecule has 4 aromatic rings. The van der Waals surface area contributed by atoms with Gasteiger partial charge in [-0.25, -0.2) is 14.6 Å². The Morgan fingerprint density at radius 2 is 1.71 bits per heavy atom. The van der Waals surface area contributed by atoms with Crippen LogP contribution < -0.4 is 4.72 Å². The van der Waals surface area contributed by atoms with Gasteiger partial charge in [0.25, 0.3) is 0 Å². The molecule has 3 aromatic heterocycles. The van der Waals surface area contributed by atoms with Crippen LogP contribution in [0.15, 0.2) is 55.0 Å². The number of alkyl halides is 3. The van der Waals surface area contributed by atoms with Gasteiger partial charge in [-0.1, -0.05) is 39.0 Å². The van der Waals surface area contributed by atoms with Crippen LogP contribution in [0.1, 0.15) is 71.8 Å². The molecule has 13 heteroatoms. The first-order valence-electron chi connectivity index (χ1n) is 15.0. The maximum absolute atomic E-state index is 13.3. The van der Waals surface area contributed by atoms with E-state index in [-0.39, 0.29) is 28.9 Å². The van der Waals surface area contributed by atoms with Crippen LogP contribution in [0.5, 0.6) is 0 Å². The third-order valence-electron chi connectivity index (χ3n) is 8.74. The van der Waals surface area contributed by atoms with E-state index in [4.69, 9.17) is 9.41 Å². The number of aromatic nitrogens is 5. The summed E-state index contributed by atoms with van der Waals surface area (Å²) >= 11 is -1.35. The van der Waals surface area contributed by atoms with Gasteiger partial charge >= 0.3 is 6.18 Å². The molecule has 0 saturated heterocycles. The second-order valence-corrected chi connectivity index (χ2v) is 21.0. The zero-order valence-electron chi connectivity index (χ0n) is 26.9. The molecular weight excluding hydrogens is 618 g/mol. The average molecular weight is 659 g/mol. The van der Waals surface area contributed by atoms with E-state index < -0.39 is 36.3 Å². The maximum Gasteiger partial charge on any atom is 0.433 e. The highest BCUT2D eigenvalue weighted by Crippen LogP contribution is 2.45. The van der Waals surface area contributed by atoms with Gasteiger partial charge in [0.05, 0.1) is 41.5 Å². The van der Waals surface area contributed by atoms with Crippen molar-refractivity contribution < 1.29 is 22.2 Å². The molecule has 5 rings (SSSR count). The number of fused-ring (bicyclic) bond motifs is 1. The Kier molecular flexibility index (Phi) is 8.99. The first-order valence-corrected chi connectivity index (χ1v) is 19.1. The summed E-state index contributed by atoms with van der Waals surface area (Å²) in [6.45, 7) is 17.0. The first-order chi connectivity index (χ1) is 20.8. The maximum atomic E-state index is 13.3. The second-order valence-electron chi connectivity index (χ2n) is 14.2. The molecule has 1 N–H and O–H groups in total. The standard InChI is InChI=1S/C32H41F3N6O2SSi/c1-30(2,3)44(42)40-29(22-14-23(15-22)43-45(7,8)31(4,5)6)25-19-36-18-24(38-25)20-12-13-21-17-37-41(26(21)16-20)28-11-9-10-27(39-28)32(33,34)35/h9-13,16-19,22-23,29,40H,14-15H2,1-8H3/t22-,23+,29?,44-/m1/s1. The summed E-state index contributed by atoms with van der Waals surface area (Å²) in [6, 6.07) is 8.97. The van der Waals surface area contributed by atoms with E-state index in [1.807, 2.05) is 39.0 Å². The molecule has 0 amide bonds. The molecule has 1 unspecified atom stereocenters. The lowest BCUT2D eigenvalue weighted by molar-refractivity contribution is -0.141. The number of benzene rings is 1. The van der Waals surface area contributed by atoms with Gasteiger partial charge in [-0.3, -0.25) is 4.98 Å². The largest absolute Gasteiger partial charge is 0.598 e. The highest BCUT2D eigenvalue weighted by atomic mass is 32.2. The van der Waals surface area contributed by atoms with Gasteiger partial charge in [-0.05, 0) is 75.9 Å². The van der Waals surface area contributed by atoms with E-state index in [0.717, 1.165) is 24.3 Å². The highest BCUT2D eigenvalue weighted by molar-refractivity contribution is 7.90. The number of rotatable bonds is 8. The summed E-state index contributed by atoms with van der Waals surface area (Å²) in [7, 11) is -1.93. The topological polar surface area (TPSA) is 101 Å². The Bertz CT molecular complexity index is 1660. The van der Waals surface area contributed by atoms with E-state index in [0.29, 0.717) is 22.5 Å². The van der Waals surface area contributed by atoms with Crippen molar-refractivity contribution in [2.24, 2.45) is 5.92 Å². The van der Waals surface area contributed by atoms with E-state index in [9.17, 15) is 17.7 Å². The molecule has 0 radical (unpaired) electrons. The minimum Gasteiger partial charge on any atom is -0.598 e. The minimum atomic E-state index is -4.57. The molecule has 1 saturated carbocycles. The SMILES string of the molecule is CC(C)(C)[S@@+]([O-])NC(c1cncc(-c2ccc3cnn(-c4cccc(C(F)(F)F)n4)c3c2)n1)[C@H]1C[C@@H](O[Si](C)(C)C(C)(C)C)C1. The molecule has 0 spiro atoms. The van der Waals surface area contributed by atoms with Crippen molar-refractivity contribution in [1.82, 2.24) is 29.5 Å². The summed E-state index contributed by atoms with van der Waals surface area (Å²) in [6.07, 6.45) is 2.17. The monoisotopic (exact) mass is 658 g/mol. The van der Waals surface area contributed by atoms with E-state index >= 15 is 0 Å². The molecule has 8 nitrogen and oxygen atoms in total. The summed E-state index contributed by atoms with van der Waals surface area (Å²) in [4.78, 5) is 13.3. The Morgan fingerprint density at radius 3 is 2.36 bits per heavy atom. The van der Waals surface area contributed by atoms with Gasteiger partial charge in [0.15, 0.2) is 14.1 Å². The van der Waals surface area contributed by atoms with Gasteiger partial charge in [0, 0.05) is 28.4 Å². The van der Waals surface area contributed by atoms with Crippen LogP contribution in [-0.2, 0) is 22.0 Å². The number of nitrogens with one attached hydrogen (secondary N) is 1. The van der Waals surface area contributed by atoms with Crippen molar-refractivity contribution in [1.29, 1.82) is 0 Å². The fraction of sp³-hybridized carbons (Fsp3) is 0.500. The van der Waals surface area contributed by atoms with Crippen molar-refractivity contribution in [2.75, 3.05) is 0 Å². The molecule has 242 valence electrons. The summed E-state index contributed by atoms with van der Waals surface area (Å²) < 4.78 is 64.3. The van der Waals surface area contributed by atoms with Gasteiger partial charge in [0.1, 0.15) is 10.4 Å². The van der Waals surface area contributed by atoms with Gasteiger partial charge in [-0.2, -0.15) is 18.3 Å². The molecule has 1 aliphatic carbocycles. The quantitative estimate of drug-likeness (QED) is 0.152. The number of nitrogens with zero attached hydrogens (tertiary/aromatic N) is 5. The van der Waals surface area contributed by atoms with Crippen molar-refractivity contribution in [2.45, 2.75) is 95.6 Å². The third kappa shape index (κ3) is 7.27. The van der Waals surface area contributed by atoms with E-state index in [1.54, 1.807) is 18.6 Å². The fourth-order valence-corrected chi connectivity index (χ4v) is 7.26. The Morgan fingerprint density at radius 1 is 1.00 bits per heavy atom. The Hall–Kier alpha value is -2.84. The van der Waals surface area contributed by atoms with Crippen molar-refractivity contribution in [3.8, 4) is 17.1 Å². The van der Waals surface area contributed by atoms with E-state index in [2.05, 4.69) is 53.7 Å². The molecule has 2 atom stereocenters. The van der Waals surface area contributed by atoms with Gasteiger partial charge in [0.2, 0.25) is 0 Å². The van der Waals surface area contributed by atoms with Crippen molar-refractivity contribution >= 4 is 30.6 Å². The Balaban J connectivity index is 1.45. The van der Waals surface area contributed by atoms with Crippen molar-refractivity contribution in [3.05, 3.63) is 66.4 Å². The number of halogens is 3. The lowest BCUT2D eigenvalue weighted by Gasteiger charge is -2.46. The third-order valence-corrected chi connectivity index (χ3v) is 14.9. The fourth-order valence-electron chi connectivity index (χ4n) is 4.99. The predicted octanol–water partition coefficient (Wildman–Crippen LogP) is 7.79. The summed E-state index contributed by atoms with van der Waals surface area (Å²) in [5.41, 5.74) is 1.57. The molecule has 3 heterocycles. The summed E-state index contributed by atoms with van der Waals surface area (Å²) in [5.74, 6) is 0.219. The Labute approximate surface area is 266 Å². The second kappa shape index (κ2) is 12.1. The molecule has 0 bridgehead atoms. The van der Waals surface area contributed by atoms with Crippen LogP contribution in [0.3, 0.4) is 0 Å². The zero-order chi connectivity index (χ0) is 32.9. The molecule has 1 fully saturated rings. The molecule has 1 aromatic carbocycles. The van der Waals surface area contributed by atoms with Crippen LogP contribution in [0.4, 0.5) is 13.2 Å². The summed E-state index contributed by atoms with van der Waals surface area (Å²) in [5, 5.41) is 5.16. The number of hydrogen-bond donors (Lipinski definition) is 1. The van der Waals surface area contributed by atoms with Gasteiger partial charge in [-0.15, -0.1) is 4.72 Å². The predicted molar refractivity (Wildman–Crippen MR) is 173 cm³/mol. The van der Waals surface area contributed by atoms with Gasteiger partial charge < -0.3 is 8.98 Å². The lowest BCUT2D eigenvalue weighted by Crippen LogP contribution is -2.51. The molecular formula is C32H41F3N6O2SSi. The number of hydrogen-bond acceptors (Lipinski definition) is 7. The normalized spacial score (nSPS) is 19.4. The smallest absolute Gasteiger partial charge is 0.433 e. The minimum absolute atomic E-state index is 0.0604. The van der Waals surface area contributed by atoms with E-state index in [1.165, 1.54) is 16.8 Å². The van der Waals surface area contributed by atoms with Crippen LogP contribution in [0.25, 0.3) is 28.0 Å². The van der Waals surface area contributed by atoms with Crippen LogP contribution in [-0.4, -0.2) is 48.5 Å². The van der Waals surface area contributed by atoms with Crippen LogP contribution >= 0.6 is 0 Å². The van der Waals surface area contributed by atoms with Crippen LogP contribution in [0, 0.1) is 5.92 Å². The number of pyridine rings is 1. The average Bonchev–Trinajstić information content (AvgIpc) is 3.35. The lowest BCUT2D eigenvalue weighted by atomic mass is 9.76. The molecule has 0 aliphatic heterocycles. The first kappa shape index (κ1) is 33.5. The van der Waals surface area contributed by atoms with Crippen LogP contribution in [0.2, 0.25) is 18.1 Å². The molecule has 1 aliphatic rings. The zero-order valence-corrected chi connectivity index (χ0v) is 28.8. The van der Waals surface area contributed by atoms with Crippen molar-refractivity contribution in [3.63, 3.8) is 0 Å².